The smallest absolute Gasteiger partial charge is 0.193 e. The Morgan fingerprint density at radius 3 is 2.64 bits per heavy atom. The first-order chi connectivity index (χ1) is 10.8. The summed E-state index contributed by atoms with van der Waals surface area (Å²) in [7, 11) is 3.94. The molecule has 1 aliphatic heterocycles. The highest BCUT2D eigenvalue weighted by Crippen LogP contribution is 2.19. The molecule has 2 fully saturated rings. The Kier molecular flexibility index (Phi) is 8.02. The molecule has 2 aliphatic rings. The molecule has 0 radical (unpaired) electrons. The first-order valence-corrected chi connectivity index (χ1v) is 8.90. The molecule has 1 aliphatic carbocycles. The molecule has 0 bridgehead atoms. The van der Waals surface area contributed by atoms with Crippen LogP contribution in [0.5, 0.6) is 0 Å². The fraction of sp³-hybridized carbons (Fsp3) is 0.941. The summed E-state index contributed by atoms with van der Waals surface area (Å²) in [6, 6.07) is 0. The van der Waals surface area contributed by atoms with Crippen LogP contribution in [0.2, 0.25) is 0 Å². The number of rotatable bonds is 6. The molecule has 0 amide bonds. The van der Waals surface area contributed by atoms with Crippen molar-refractivity contribution in [1.82, 2.24) is 10.2 Å². The van der Waals surface area contributed by atoms with Crippen LogP contribution in [0.4, 0.5) is 0 Å². The average Bonchev–Trinajstić information content (AvgIpc) is 2.89. The van der Waals surface area contributed by atoms with Crippen LogP contribution in [-0.4, -0.2) is 64.0 Å². The van der Waals surface area contributed by atoms with Crippen LogP contribution in [0.1, 0.15) is 44.9 Å². The summed E-state index contributed by atoms with van der Waals surface area (Å²) >= 11 is 0. The lowest BCUT2D eigenvalue weighted by molar-refractivity contribution is 0.0466. The Morgan fingerprint density at radius 2 is 2.00 bits per heavy atom. The third-order valence-corrected chi connectivity index (χ3v) is 4.67. The fourth-order valence-corrected chi connectivity index (χ4v) is 3.38. The van der Waals surface area contributed by atoms with Crippen LogP contribution in [0.3, 0.4) is 0 Å². The molecule has 2 rings (SSSR count). The van der Waals surface area contributed by atoms with Crippen molar-refractivity contribution in [2.24, 2.45) is 10.9 Å². The normalized spacial score (nSPS) is 24.3. The van der Waals surface area contributed by atoms with Gasteiger partial charge in [0.05, 0.1) is 19.3 Å². The van der Waals surface area contributed by atoms with E-state index in [-0.39, 0.29) is 0 Å². The molecular weight excluding hydrogens is 278 g/mol. The fourth-order valence-electron chi connectivity index (χ4n) is 3.38. The van der Waals surface area contributed by atoms with E-state index in [1.807, 2.05) is 7.05 Å². The molecular formula is C17H33N3O2. The van der Waals surface area contributed by atoms with Crippen molar-refractivity contribution in [3.8, 4) is 0 Å². The summed E-state index contributed by atoms with van der Waals surface area (Å²) in [6.07, 6.45) is 9.50. The van der Waals surface area contributed by atoms with Crippen molar-refractivity contribution < 1.29 is 9.47 Å². The van der Waals surface area contributed by atoms with E-state index >= 15 is 0 Å². The van der Waals surface area contributed by atoms with Gasteiger partial charge in [-0.05, 0) is 19.3 Å². The summed E-state index contributed by atoms with van der Waals surface area (Å²) in [4.78, 5) is 6.56. The van der Waals surface area contributed by atoms with Crippen LogP contribution < -0.4 is 5.32 Å². The maximum atomic E-state index is 6.01. The minimum absolute atomic E-state index is 0.472. The molecule has 1 N–H and O–H groups in total. The molecule has 1 atom stereocenters. The number of nitrogens with zero attached hydrogens (tertiary/aromatic N) is 2. The first kappa shape index (κ1) is 17.5. The van der Waals surface area contributed by atoms with Gasteiger partial charge in [0, 0.05) is 39.7 Å². The lowest BCUT2D eigenvalue weighted by Gasteiger charge is -2.25. The Bertz CT molecular complexity index is 322. The van der Waals surface area contributed by atoms with E-state index in [1.165, 1.54) is 38.5 Å². The van der Waals surface area contributed by atoms with Gasteiger partial charge >= 0.3 is 0 Å². The van der Waals surface area contributed by atoms with Crippen molar-refractivity contribution in [1.29, 1.82) is 0 Å². The van der Waals surface area contributed by atoms with Crippen LogP contribution in [0.15, 0.2) is 4.99 Å². The molecule has 0 spiro atoms. The van der Waals surface area contributed by atoms with Gasteiger partial charge in [0.15, 0.2) is 5.96 Å². The third kappa shape index (κ3) is 6.13. The topological polar surface area (TPSA) is 46.1 Å². The molecule has 5 heteroatoms. The van der Waals surface area contributed by atoms with Crippen LogP contribution in [0, 0.1) is 5.92 Å². The van der Waals surface area contributed by atoms with E-state index < -0.39 is 0 Å². The second-order valence-corrected chi connectivity index (χ2v) is 6.57. The highest BCUT2D eigenvalue weighted by molar-refractivity contribution is 5.79. The van der Waals surface area contributed by atoms with Crippen molar-refractivity contribution in [3.63, 3.8) is 0 Å². The molecule has 0 aromatic carbocycles. The molecule has 22 heavy (non-hydrogen) atoms. The lowest BCUT2D eigenvalue weighted by Crippen LogP contribution is -2.42. The monoisotopic (exact) mass is 311 g/mol. The maximum Gasteiger partial charge on any atom is 0.193 e. The Hall–Kier alpha value is -0.810. The number of guanidine groups is 1. The zero-order chi connectivity index (χ0) is 15.6. The Morgan fingerprint density at radius 1 is 1.23 bits per heavy atom. The van der Waals surface area contributed by atoms with Crippen molar-refractivity contribution in [2.45, 2.75) is 51.0 Å². The minimum atomic E-state index is 0.472. The Balaban J connectivity index is 1.60. The summed E-state index contributed by atoms with van der Waals surface area (Å²) in [6.45, 7) is 4.38. The summed E-state index contributed by atoms with van der Waals surface area (Å²) in [5.74, 6) is 1.59. The molecule has 0 aromatic rings. The van der Waals surface area contributed by atoms with E-state index in [0.29, 0.717) is 12.0 Å². The summed E-state index contributed by atoms with van der Waals surface area (Å²) in [5, 5.41) is 3.41. The highest BCUT2D eigenvalue weighted by atomic mass is 16.5. The van der Waals surface area contributed by atoms with E-state index in [0.717, 1.165) is 45.3 Å². The van der Waals surface area contributed by atoms with Gasteiger partial charge in [-0.1, -0.05) is 25.7 Å². The number of hydrogen-bond acceptors (Lipinski definition) is 3. The Labute approximate surface area is 135 Å². The van der Waals surface area contributed by atoms with Gasteiger partial charge in [0.1, 0.15) is 0 Å². The molecule has 1 saturated carbocycles. The van der Waals surface area contributed by atoms with Gasteiger partial charge in [0.25, 0.3) is 0 Å². The van der Waals surface area contributed by atoms with Gasteiger partial charge in [-0.3, -0.25) is 4.99 Å². The predicted molar refractivity (Wildman–Crippen MR) is 90.4 cm³/mol. The SMILES string of the molecule is CN=C(NCCOC1CCCCCC1)N(C)CC1CCOC1. The molecule has 1 saturated heterocycles. The largest absolute Gasteiger partial charge is 0.381 e. The van der Waals surface area contributed by atoms with E-state index in [1.54, 1.807) is 0 Å². The third-order valence-electron chi connectivity index (χ3n) is 4.67. The zero-order valence-electron chi connectivity index (χ0n) is 14.4. The molecule has 128 valence electrons. The van der Waals surface area contributed by atoms with E-state index in [2.05, 4.69) is 22.3 Å². The van der Waals surface area contributed by atoms with Gasteiger partial charge in [-0.15, -0.1) is 0 Å². The zero-order valence-corrected chi connectivity index (χ0v) is 14.4. The van der Waals surface area contributed by atoms with Crippen LogP contribution in [-0.2, 0) is 9.47 Å². The standard InChI is InChI=1S/C17H33N3O2/c1-18-17(20(2)13-15-9-11-21-14-15)19-10-12-22-16-7-5-3-4-6-8-16/h15-16H,3-14H2,1-2H3,(H,18,19). The first-order valence-electron chi connectivity index (χ1n) is 8.90. The predicted octanol–water partition coefficient (Wildman–Crippen LogP) is 2.27. The molecule has 1 heterocycles. The second-order valence-electron chi connectivity index (χ2n) is 6.57. The maximum absolute atomic E-state index is 6.01. The number of ether oxygens (including phenoxy) is 2. The summed E-state index contributed by atoms with van der Waals surface area (Å²) in [5.41, 5.74) is 0. The van der Waals surface area contributed by atoms with Gasteiger partial charge in [-0.2, -0.15) is 0 Å². The molecule has 0 aromatic heterocycles. The van der Waals surface area contributed by atoms with E-state index in [4.69, 9.17) is 9.47 Å². The highest BCUT2D eigenvalue weighted by Gasteiger charge is 2.19. The average molecular weight is 311 g/mol. The van der Waals surface area contributed by atoms with Crippen molar-refractivity contribution in [2.75, 3.05) is 47.0 Å². The molecule has 5 nitrogen and oxygen atoms in total. The lowest BCUT2D eigenvalue weighted by atomic mass is 10.1. The second kappa shape index (κ2) is 10.1. The van der Waals surface area contributed by atoms with Crippen LogP contribution in [0.25, 0.3) is 0 Å². The van der Waals surface area contributed by atoms with Gasteiger partial charge in [-0.25, -0.2) is 0 Å². The minimum Gasteiger partial charge on any atom is -0.381 e. The van der Waals surface area contributed by atoms with Crippen LogP contribution >= 0.6 is 0 Å². The van der Waals surface area contributed by atoms with Crippen molar-refractivity contribution >= 4 is 5.96 Å². The molecule has 1 unspecified atom stereocenters. The van der Waals surface area contributed by atoms with E-state index in [9.17, 15) is 0 Å². The number of hydrogen-bond donors (Lipinski definition) is 1. The van der Waals surface area contributed by atoms with Crippen molar-refractivity contribution in [3.05, 3.63) is 0 Å². The number of nitrogens with one attached hydrogen (secondary N) is 1. The van der Waals surface area contributed by atoms with Gasteiger partial charge < -0.3 is 19.7 Å². The quantitative estimate of drug-likeness (QED) is 0.354. The summed E-state index contributed by atoms with van der Waals surface area (Å²) < 4.78 is 11.5. The van der Waals surface area contributed by atoms with Gasteiger partial charge in [0.2, 0.25) is 0 Å². The number of aliphatic imine (C=N–C) groups is 1.